The zero-order valence-corrected chi connectivity index (χ0v) is 14.2. The number of nitrogens with one attached hydrogen (secondary N) is 2. The van der Waals surface area contributed by atoms with E-state index in [2.05, 4.69) is 15.6 Å². The maximum Gasteiger partial charge on any atom is 0.401 e. The molecule has 2 N–H and O–H groups in total. The summed E-state index contributed by atoms with van der Waals surface area (Å²) >= 11 is 0. The molecule has 0 spiro atoms. The van der Waals surface area contributed by atoms with Crippen LogP contribution in [0.1, 0.15) is 13.3 Å². The van der Waals surface area contributed by atoms with Gasteiger partial charge in [-0.05, 0) is 20.4 Å². The van der Waals surface area contributed by atoms with Crippen LogP contribution in [0.25, 0.3) is 0 Å². The molecule has 0 aliphatic heterocycles. The van der Waals surface area contributed by atoms with Crippen molar-refractivity contribution in [2.24, 2.45) is 4.99 Å². The molecule has 0 fully saturated rings. The van der Waals surface area contributed by atoms with Gasteiger partial charge in [0.2, 0.25) is 0 Å². The van der Waals surface area contributed by atoms with Crippen LogP contribution in [0.2, 0.25) is 0 Å². The Morgan fingerprint density at radius 1 is 1.17 bits per heavy atom. The van der Waals surface area contributed by atoms with Gasteiger partial charge in [0.25, 0.3) is 0 Å². The fraction of sp³-hybridized carbons (Fsp3) is 0.929. The van der Waals surface area contributed by atoms with Gasteiger partial charge in [0, 0.05) is 39.9 Å². The summed E-state index contributed by atoms with van der Waals surface area (Å²) in [5.74, 6) is 0.602. The van der Waals surface area contributed by atoms with E-state index in [9.17, 15) is 13.2 Å². The zero-order chi connectivity index (χ0) is 17.6. The van der Waals surface area contributed by atoms with Crippen LogP contribution in [-0.4, -0.2) is 83.7 Å². The molecule has 0 amide bonds. The Morgan fingerprint density at radius 3 is 2.52 bits per heavy atom. The number of ether oxygens (including phenoxy) is 2. The van der Waals surface area contributed by atoms with Crippen LogP contribution in [0.15, 0.2) is 4.99 Å². The van der Waals surface area contributed by atoms with E-state index in [0.717, 1.165) is 6.42 Å². The molecule has 0 aliphatic carbocycles. The van der Waals surface area contributed by atoms with E-state index < -0.39 is 12.7 Å². The van der Waals surface area contributed by atoms with E-state index >= 15 is 0 Å². The molecule has 0 aromatic carbocycles. The molecular formula is C14H29F3N4O2. The normalized spacial score (nSPS) is 12.7. The number of nitrogens with zero attached hydrogens (tertiary/aromatic N) is 2. The van der Waals surface area contributed by atoms with Crippen LogP contribution in [0, 0.1) is 0 Å². The van der Waals surface area contributed by atoms with Gasteiger partial charge in [0.1, 0.15) is 0 Å². The number of likely N-dealkylation sites (N-methyl/N-ethyl adjacent to an activating group) is 1. The molecule has 9 heteroatoms. The summed E-state index contributed by atoms with van der Waals surface area (Å²) in [6, 6.07) is 0. The van der Waals surface area contributed by atoms with E-state index in [0.29, 0.717) is 45.4 Å². The lowest BCUT2D eigenvalue weighted by molar-refractivity contribution is -0.142. The number of aliphatic imine (C=N–C) groups is 1. The Kier molecular flexibility index (Phi) is 12.8. The van der Waals surface area contributed by atoms with Gasteiger partial charge < -0.3 is 20.1 Å². The molecule has 0 bridgehead atoms. The van der Waals surface area contributed by atoms with Gasteiger partial charge in [-0.2, -0.15) is 13.2 Å². The fourth-order valence-corrected chi connectivity index (χ4v) is 1.69. The summed E-state index contributed by atoms with van der Waals surface area (Å²) < 4.78 is 46.8. The highest BCUT2D eigenvalue weighted by atomic mass is 19.4. The molecule has 23 heavy (non-hydrogen) atoms. The quantitative estimate of drug-likeness (QED) is 0.316. The van der Waals surface area contributed by atoms with Gasteiger partial charge in [0.15, 0.2) is 5.96 Å². The highest BCUT2D eigenvalue weighted by molar-refractivity contribution is 5.79. The molecule has 0 saturated carbocycles. The zero-order valence-electron chi connectivity index (χ0n) is 14.2. The van der Waals surface area contributed by atoms with Crippen molar-refractivity contribution in [3.05, 3.63) is 0 Å². The van der Waals surface area contributed by atoms with Crippen molar-refractivity contribution in [3.63, 3.8) is 0 Å². The minimum atomic E-state index is -4.17. The molecule has 0 aromatic rings. The Bertz CT molecular complexity index is 315. The minimum absolute atomic E-state index is 0.282. The van der Waals surface area contributed by atoms with Crippen molar-refractivity contribution in [3.8, 4) is 0 Å². The SMILES string of the molecule is CCNC(=NCCCOCCOC)NCCN(C)CC(F)(F)F. The summed E-state index contributed by atoms with van der Waals surface area (Å²) in [4.78, 5) is 5.57. The van der Waals surface area contributed by atoms with Crippen molar-refractivity contribution in [2.75, 3.05) is 66.7 Å². The second-order valence-electron chi connectivity index (χ2n) is 5.00. The first-order valence-corrected chi connectivity index (χ1v) is 7.73. The van der Waals surface area contributed by atoms with Gasteiger partial charge in [-0.1, -0.05) is 0 Å². The first-order valence-electron chi connectivity index (χ1n) is 7.73. The van der Waals surface area contributed by atoms with Gasteiger partial charge in [0.05, 0.1) is 19.8 Å². The third kappa shape index (κ3) is 15.6. The van der Waals surface area contributed by atoms with Crippen molar-refractivity contribution in [2.45, 2.75) is 19.5 Å². The van der Waals surface area contributed by atoms with Crippen molar-refractivity contribution >= 4 is 5.96 Å². The minimum Gasteiger partial charge on any atom is -0.382 e. The predicted octanol–water partition coefficient (Wildman–Crippen LogP) is 1.09. The lowest BCUT2D eigenvalue weighted by Crippen LogP contribution is -2.42. The summed E-state index contributed by atoms with van der Waals surface area (Å²) in [6.07, 6.45) is -3.40. The van der Waals surface area contributed by atoms with Gasteiger partial charge >= 0.3 is 6.18 Å². The maximum atomic E-state index is 12.2. The van der Waals surface area contributed by atoms with Crippen LogP contribution >= 0.6 is 0 Å². The highest BCUT2D eigenvalue weighted by Gasteiger charge is 2.28. The molecule has 138 valence electrons. The summed E-state index contributed by atoms with van der Waals surface area (Å²) in [6.45, 7) is 4.69. The second kappa shape index (κ2) is 13.4. The molecule has 0 saturated heterocycles. The van der Waals surface area contributed by atoms with Gasteiger partial charge in [-0.15, -0.1) is 0 Å². The average molecular weight is 342 g/mol. The maximum absolute atomic E-state index is 12.2. The lowest BCUT2D eigenvalue weighted by atomic mass is 10.4. The third-order valence-electron chi connectivity index (χ3n) is 2.73. The Labute approximate surface area is 136 Å². The van der Waals surface area contributed by atoms with Crippen LogP contribution in [0.5, 0.6) is 0 Å². The van der Waals surface area contributed by atoms with Gasteiger partial charge in [-0.25, -0.2) is 0 Å². The molecule has 0 aliphatic rings. The first-order chi connectivity index (χ1) is 10.9. The molecule has 0 aromatic heterocycles. The van der Waals surface area contributed by atoms with E-state index in [1.807, 2.05) is 6.92 Å². The number of halogens is 3. The van der Waals surface area contributed by atoms with Crippen molar-refractivity contribution in [1.82, 2.24) is 15.5 Å². The molecule has 0 rings (SSSR count). The first kappa shape index (κ1) is 21.9. The standard InChI is InChI=1S/C14H29F3N4O2/c1-4-18-13(19-6-5-9-23-11-10-22-3)20-7-8-21(2)12-14(15,16)17/h4-12H2,1-3H3,(H2,18,19,20). The molecular weight excluding hydrogens is 313 g/mol. The Hall–Kier alpha value is -1.06. The monoisotopic (exact) mass is 342 g/mol. The van der Waals surface area contributed by atoms with E-state index in [4.69, 9.17) is 9.47 Å². The lowest BCUT2D eigenvalue weighted by Gasteiger charge is -2.19. The van der Waals surface area contributed by atoms with Crippen molar-refractivity contribution in [1.29, 1.82) is 0 Å². The summed E-state index contributed by atoms with van der Waals surface area (Å²) in [5.41, 5.74) is 0. The fourth-order valence-electron chi connectivity index (χ4n) is 1.69. The van der Waals surface area contributed by atoms with E-state index in [-0.39, 0.29) is 6.54 Å². The number of rotatable bonds is 12. The summed E-state index contributed by atoms with van der Waals surface area (Å²) in [7, 11) is 3.06. The predicted molar refractivity (Wildman–Crippen MR) is 84.8 cm³/mol. The number of guanidine groups is 1. The smallest absolute Gasteiger partial charge is 0.382 e. The number of alkyl halides is 3. The second-order valence-corrected chi connectivity index (χ2v) is 5.00. The van der Waals surface area contributed by atoms with Crippen molar-refractivity contribution < 1.29 is 22.6 Å². The summed E-state index contributed by atoms with van der Waals surface area (Å²) in [5, 5.41) is 6.07. The highest BCUT2D eigenvalue weighted by Crippen LogP contribution is 2.14. The number of hydrogen-bond donors (Lipinski definition) is 2. The van der Waals surface area contributed by atoms with Crippen LogP contribution in [-0.2, 0) is 9.47 Å². The van der Waals surface area contributed by atoms with Crippen LogP contribution in [0.4, 0.5) is 13.2 Å². The third-order valence-corrected chi connectivity index (χ3v) is 2.73. The largest absolute Gasteiger partial charge is 0.401 e. The molecule has 0 atom stereocenters. The average Bonchev–Trinajstić information content (AvgIpc) is 2.44. The Morgan fingerprint density at radius 2 is 1.91 bits per heavy atom. The molecule has 0 unspecified atom stereocenters. The van der Waals surface area contributed by atoms with E-state index in [1.165, 1.54) is 11.9 Å². The number of methoxy groups -OCH3 is 1. The van der Waals surface area contributed by atoms with Crippen LogP contribution < -0.4 is 10.6 Å². The number of hydrogen-bond acceptors (Lipinski definition) is 4. The topological polar surface area (TPSA) is 58.1 Å². The Balaban J connectivity index is 3.89. The van der Waals surface area contributed by atoms with Crippen LogP contribution in [0.3, 0.4) is 0 Å². The van der Waals surface area contributed by atoms with E-state index in [1.54, 1.807) is 7.11 Å². The molecule has 0 radical (unpaired) electrons. The molecule has 6 nitrogen and oxygen atoms in total. The molecule has 0 heterocycles. The van der Waals surface area contributed by atoms with Gasteiger partial charge in [-0.3, -0.25) is 9.89 Å².